The van der Waals surface area contributed by atoms with Crippen LogP contribution in [-0.4, -0.2) is 31.7 Å². The summed E-state index contributed by atoms with van der Waals surface area (Å²) in [6.07, 6.45) is 0.938. The van der Waals surface area contributed by atoms with Gasteiger partial charge in [0.05, 0.1) is 11.8 Å². The highest BCUT2D eigenvalue weighted by atomic mass is 35.5. The Balaban J connectivity index is 1.54. The zero-order chi connectivity index (χ0) is 21.0. The Bertz CT molecular complexity index is 958. The molecule has 3 rings (SSSR count). The fourth-order valence-corrected chi connectivity index (χ4v) is 5.25. The molecule has 1 N–H and O–H groups in total. The van der Waals surface area contributed by atoms with Crippen molar-refractivity contribution in [3.63, 3.8) is 0 Å². The molecule has 29 heavy (non-hydrogen) atoms. The topological polar surface area (TPSA) is 66.5 Å². The van der Waals surface area contributed by atoms with Crippen LogP contribution in [-0.2, 0) is 20.6 Å². The number of hydrogen-bond acceptors (Lipinski definition) is 3. The molecule has 1 atom stereocenters. The lowest BCUT2D eigenvalue weighted by atomic mass is 9.96. The second-order valence-electron chi connectivity index (χ2n) is 7.34. The Morgan fingerprint density at radius 2 is 1.86 bits per heavy atom. The van der Waals surface area contributed by atoms with Crippen LogP contribution in [0.4, 0.5) is 4.39 Å². The van der Waals surface area contributed by atoms with Crippen LogP contribution >= 0.6 is 11.6 Å². The summed E-state index contributed by atoms with van der Waals surface area (Å²) >= 11 is 5.94. The van der Waals surface area contributed by atoms with E-state index in [1.54, 1.807) is 36.4 Å². The fraction of sp³-hybridized carbons (Fsp3) is 0.381. The molecule has 0 unspecified atom stereocenters. The van der Waals surface area contributed by atoms with Crippen molar-refractivity contribution in [2.75, 3.05) is 13.1 Å². The van der Waals surface area contributed by atoms with Gasteiger partial charge in [-0.15, -0.1) is 0 Å². The zero-order valence-electron chi connectivity index (χ0n) is 16.1. The van der Waals surface area contributed by atoms with Crippen LogP contribution in [0.15, 0.2) is 48.5 Å². The van der Waals surface area contributed by atoms with E-state index in [-0.39, 0.29) is 29.4 Å². The summed E-state index contributed by atoms with van der Waals surface area (Å²) in [7, 11) is -3.46. The van der Waals surface area contributed by atoms with Crippen molar-refractivity contribution >= 4 is 27.5 Å². The molecule has 0 bridgehead atoms. The molecule has 2 aromatic carbocycles. The van der Waals surface area contributed by atoms with E-state index in [2.05, 4.69) is 5.32 Å². The van der Waals surface area contributed by atoms with Gasteiger partial charge in [0, 0.05) is 24.0 Å². The first-order chi connectivity index (χ1) is 13.7. The average molecular weight is 439 g/mol. The zero-order valence-corrected chi connectivity index (χ0v) is 17.7. The van der Waals surface area contributed by atoms with E-state index in [4.69, 9.17) is 11.6 Å². The van der Waals surface area contributed by atoms with Gasteiger partial charge < -0.3 is 5.32 Å². The number of nitrogens with one attached hydrogen (secondary N) is 1. The smallest absolute Gasteiger partial charge is 0.223 e. The normalized spacial score (nSPS) is 17.1. The summed E-state index contributed by atoms with van der Waals surface area (Å²) in [4.78, 5) is 12.6. The summed E-state index contributed by atoms with van der Waals surface area (Å²) < 4.78 is 39.9. The van der Waals surface area contributed by atoms with Crippen molar-refractivity contribution in [1.82, 2.24) is 9.62 Å². The molecular formula is C21H24ClFN2O3S. The molecule has 1 saturated heterocycles. The molecule has 1 amide bonds. The van der Waals surface area contributed by atoms with Gasteiger partial charge in [-0.25, -0.2) is 17.1 Å². The summed E-state index contributed by atoms with van der Waals surface area (Å²) in [5, 5.41) is 3.44. The number of sulfonamides is 1. The maximum atomic E-state index is 13.0. The standard InChI is InChI=1S/C21H24ClFN2O3S/c1-15(17-5-7-20(23)8-6-17)24-21(26)18-9-11-25(12-10-18)29(27,28)14-16-3-2-4-19(22)13-16/h2-8,13,15,18H,9-12,14H2,1H3,(H,24,26)/t15-/m0/s1. The number of hydrogen-bond donors (Lipinski definition) is 1. The van der Waals surface area contributed by atoms with E-state index < -0.39 is 10.0 Å². The molecule has 0 saturated carbocycles. The molecule has 8 heteroatoms. The average Bonchev–Trinajstić information content (AvgIpc) is 2.68. The molecule has 156 valence electrons. The molecule has 2 aromatic rings. The maximum Gasteiger partial charge on any atom is 0.223 e. The van der Waals surface area contributed by atoms with Crippen LogP contribution in [0.5, 0.6) is 0 Å². The largest absolute Gasteiger partial charge is 0.349 e. The highest BCUT2D eigenvalue weighted by Crippen LogP contribution is 2.24. The van der Waals surface area contributed by atoms with Crippen LogP contribution in [0.2, 0.25) is 5.02 Å². The molecule has 1 fully saturated rings. The summed E-state index contributed by atoms with van der Waals surface area (Å²) in [6.45, 7) is 2.47. The second-order valence-corrected chi connectivity index (χ2v) is 9.75. The number of benzene rings is 2. The highest BCUT2D eigenvalue weighted by molar-refractivity contribution is 7.88. The van der Waals surface area contributed by atoms with Gasteiger partial charge in [0.2, 0.25) is 15.9 Å². The molecule has 1 aliphatic rings. The van der Waals surface area contributed by atoms with E-state index in [1.807, 2.05) is 6.92 Å². The van der Waals surface area contributed by atoms with Gasteiger partial charge in [-0.2, -0.15) is 0 Å². The third kappa shape index (κ3) is 5.78. The van der Waals surface area contributed by atoms with E-state index in [0.717, 1.165) is 5.56 Å². The first-order valence-corrected chi connectivity index (χ1v) is 11.5. The first-order valence-electron chi connectivity index (χ1n) is 9.53. The van der Waals surface area contributed by atoms with Crippen molar-refractivity contribution in [2.24, 2.45) is 5.92 Å². The quantitative estimate of drug-likeness (QED) is 0.743. The van der Waals surface area contributed by atoms with Crippen molar-refractivity contribution in [2.45, 2.75) is 31.6 Å². The Morgan fingerprint density at radius 3 is 2.48 bits per heavy atom. The van der Waals surface area contributed by atoms with Crippen LogP contribution in [0.25, 0.3) is 0 Å². The molecular weight excluding hydrogens is 415 g/mol. The van der Waals surface area contributed by atoms with Gasteiger partial charge in [0.25, 0.3) is 0 Å². The molecule has 5 nitrogen and oxygen atoms in total. The van der Waals surface area contributed by atoms with Crippen molar-refractivity contribution in [1.29, 1.82) is 0 Å². The minimum absolute atomic E-state index is 0.103. The monoisotopic (exact) mass is 438 g/mol. The van der Waals surface area contributed by atoms with Crippen molar-refractivity contribution < 1.29 is 17.6 Å². The second kappa shape index (κ2) is 9.24. The van der Waals surface area contributed by atoms with E-state index in [0.29, 0.717) is 36.5 Å². The van der Waals surface area contributed by atoms with Gasteiger partial charge >= 0.3 is 0 Å². The van der Waals surface area contributed by atoms with Crippen LogP contribution in [0, 0.1) is 11.7 Å². The first kappa shape index (κ1) is 21.7. The van der Waals surface area contributed by atoms with Gasteiger partial charge in [-0.3, -0.25) is 4.79 Å². The number of nitrogens with zero attached hydrogens (tertiary/aromatic N) is 1. The number of rotatable bonds is 6. The van der Waals surface area contributed by atoms with Gasteiger partial charge in [0.15, 0.2) is 0 Å². The highest BCUT2D eigenvalue weighted by Gasteiger charge is 2.31. The molecule has 0 aliphatic carbocycles. The number of piperidine rings is 1. The minimum Gasteiger partial charge on any atom is -0.349 e. The van der Waals surface area contributed by atoms with Gasteiger partial charge in [0.1, 0.15) is 5.82 Å². The van der Waals surface area contributed by atoms with Crippen molar-refractivity contribution in [3.8, 4) is 0 Å². The Labute approximate surface area is 175 Å². The van der Waals surface area contributed by atoms with Gasteiger partial charge in [-0.1, -0.05) is 35.9 Å². The Morgan fingerprint density at radius 1 is 1.21 bits per heavy atom. The molecule has 0 spiro atoms. The minimum atomic E-state index is -3.46. The van der Waals surface area contributed by atoms with E-state index in [9.17, 15) is 17.6 Å². The SMILES string of the molecule is C[C@H](NC(=O)C1CCN(S(=O)(=O)Cc2cccc(Cl)c2)CC1)c1ccc(F)cc1. The number of amides is 1. The molecule has 1 aliphatic heterocycles. The molecule has 0 aromatic heterocycles. The van der Waals surface area contributed by atoms with Crippen LogP contribution in [0.3, 0.4) is 0 Å². The Kier molecular flexibility index (Phi) is 6.93. The fourth-order valence-electron chi connectivity index (χ4n) is 3.49. The van der Waals surface area contributed by atoms with Gasteiger partial charge in [-0.05, 0) is 55.2 Å². The summed E-state index contributed by atoms with van der Waals surface area (Å²) in [5.74, 6) is -0.769. The maximum absolute atomic E-state index is 13.0. The summed E-state index contributed by atoms with van der Waals surface area (Å²) in [5.41, 5.74) is 1.46. The lowest BCUT2D eigenvalue weighted by Gasteiger charge is -2.31. The van der Waals surface area contributed by atoms with Crippen LogP contribution in [0.1, 0.15) is 36.9 Å². The van der Waals surface area contributed by atoms with Crippen LogP contribution < -0.4 is 5.32 Å². The third-order valence-corrected chi connectivity index (χ3v) is 7.27. The lowest BCUT2D eigenvalue weighted by molar-refractivity contribution is -0.126. The lowest BCUT2D eigenvalue weighted by Crippen LogP contribution is -2.43. The Hall–Kier alpha value is -1.96. The third-order valence-electron chi connectivity index (χ3n) is 5.18. The number of halogens is 2. The molecule has 0 radical (unpaired) electrons. The predicted molar refractivity (Wildman–Crippen MR) is 111 cm³/mol. The molecule has 1 heterocycles. The van der Waals surface area contributed by atoms with E-state index >= 15 is 0 Å². The number of carbonyl (C=O) groups excluding carboxylic acids is 1. The summed E-state index contributed by atoms with van der Waals surface area (Å²) in [6, 6.07) is 12.6. The van der Waals surface area contributed by atoms with E-state index in [1.165, 1.54) is 16.4 Å². The predicted octanol–water partition coefficient (Wildman–Crippen LogP) is 3.90. The van der Waals surface area contributed by atoms with Crippen molar-refractivity contribution in [3.05, 3.63) is 70.5 Å². The number of carbonyl (C=O) groups is 1.